The Labute approximate surface area is 174 Å². The molecule has 5 nitrogen and oxygen atoms in total. The van der Waals surface area contributed by atoms with E-state index in [4.69, 9.17) is 0 Å². The van der Waals surface area contributed by atoms with Crippen LogP contribution < -0.4 is 10.5 Å². The molecule has 1 amide bonds. The smallest absolute Gasteiger partial charge is 0.276 e. The molecule has 0 aliphatic heterocycles. The first-order valence-corrected chi connectivity index (χ1v) is 9.70. The van der Waals surface area contributed by atoms with Crippen molar-refractivity contribution in [2.45, 2.75) is 13.5 Å². The van der Waals surface area contributed by atoms with E-state index in [9.17, 15) is 9.59 Å². The van der Waals surface area contributed by atoms with Crippen LogP contribution in [-0.4, -0.2) is 15.7 Å². The van der Waals surface area contributed by atoms with Gasteiger partial charge in [-0.2, -0.15) is 5.10 Å². The van der Waals surface area contributed by atoms with Crippen LogP contribution in [0.5, 0.6) is 0 Å². The molecule has 0 fully saturated rings. The number of nitrogens with zero attached hydrogens (tertiary/aromatic N) is 3. The van der Waals surface area contributed by atoms with Gasteiger partial charge in [0.05, 0.1) is 6.54 Å². The summed E-state index contributed by atoms with van der Waals surface area (Å²) in [5.74, 6) is -0.301. The third-order valence-electron chi connectivity index (χ3n) is 4.77. The Balaban J connectivity index is 1.72. The SMILES string of the molecule is Cc1ccc(Cn2nc(C(=O)N(c3ccccc3)c3ccccc3)ccc2=O)cc1. The molecular weight excluding hydrogens is 374 g/mol. The Morgan fingerprint density at radius 1 is 0.800 bits per heavy atom. The van der Waals surface area contributed by atoms with Crippen LogP contribution in [0.25, 0.3) is 0 Å². The van der Waals surface area contributed by atoms with E-state index in [1.807, 2.05) is 91.9 Å². The van der Waals surface area contributed by atoms with E-state index in [0.717, 1.165) is 22.5 Å². The van der Waals surface area contributed by atoms with Crippen molar-refractivity contribution in [3.8, 4) is 0 Å². The number of hydrogen-bond donors (Lipinski definition) is 0. The van der Waals surface area contributed by atoms with Crippen molar-refractivity contribution < 1.29 is 4.79 Å². The Morgan fingerprint density at radius 3 is 1.93 bits per heavy atom. The van der Waals surface area contributed by atoms with Crippen molar-refractivity contribution in [3.63, 3.8) is 0 Å². The molecule has 0 aliphatic carbocycles. The Kier molecular flexibility index (Phi) is 5.52. The summed E-state index contributed by atoms with van der Waals surface area (Å²) in [6.07, 6.45) is 0. The molecule has 0 bridgehead atoms. The topological polar surface area (TPSA) is 55.2 Å². The van der Waals surface area contributed by atoms with Crippen molar-refractivity contribution in [1.29, 1.82) is 0 Å². The van der Waals surface area contributed by atoms with E-state index in [0.29, 0.717) is 6.54 Å². The highest BCUT2D eigenvalue weighted by atomic mass is 16.2. The largest absolute Gasteiger partial charge is 0.283 e. The first-order valence-electron chi connectivity index (χ1n) is 9.70. The molecule has 0 N–H and O–H groups in total. The van der Waals surface area contributed by atoms with E-state index in [1.165, 1.54) is 16.8 Å². The standard InChI is InChI=1S/C25H21N3O2/c1-19-12-14-20(15-13-19)18-27-24(29)17-16-23(26-27)25(30)28(21-8-4-2-5-9-21)22-10-6-3-7-11-22/h2-17H,18H2,1H3. The summed E-state index contributed by atoms with van der Waals surface area (Å²) < 4.78 is 1.33. The number of carbonyl (C=O) groups is 1. The third kappa shape index (κ3) is 4.20. The molecule has 0 radical (unpaired) electrons. The molecule has 3 aromatic carbocycles. The highest BCUT2D eigenvalue weighted by molar-refractivity contribution is 6.09. The summed E-state index contributed by atoms with van der Waals surface area (Å²) in [4.78, 5) is 27.4. The minimum Gasteiger partial charge on any atom is -0.276 e. The molecular formula is C25H21N3O2. The first kappa shape index (κ1) is 19.3. The normalized spacial score (nSPS) is 10.6. The molecule has 0 unspecified atom stereocenters. The van der Waals surface area contributed by atoms with E-state index >= 15 is 0 Å². The van der Waals surface area contributed by atoms with Gasteiger partial charge in [-0.1, -0.05) is 66.2 Å². The number of carbonyl (C=O) groups excluding carboxylic acids is 1. The van der Waals surface area contributed by atoms with Crippen molar-refractivity contribution in [2.24, 2.45) is 0 Å². The average molecular weight is 395 g/mol. The van der Waals surface area contributed by atoms with Crippen LogP contribution in [-0.2, 0) is 6.54 Å². The Morgan fingerprint density at radius 2 is 1.37 bits per heavy atom. The van der Waals surface area contributed by atoms with Gasteiger partial charge in [0.1, 0.15) is 5.69 Å². The number of rotatable bonds is 5. The van der Waals surface area contributed by atoms with Crippen LogP contribution >= 0.6 is 0 Å². The number of anilines is 2. The Bertz CT molecular complexity index is 1160. The van der Waals surface area contributed by atoms with E-state index < -0.39 is 0 Å². The summed E-state index contributed by atoms with van der Waals surface area (Å²) in [6, 6.07) is 29.6. The number of amides is 1. The van der Waals surface area contributed by atoms with Crippen LogP contribution in [0.1, 0.15) is 21.6 Å². The van der Waals surface area contributed by atoms with Gasteiger partial charge in [0, 0.05) is 17.4 Å². The van der Waals surface area contributed by atoms with Gasteiger partial charge in [-0.05, 0) is 42.8 Å². The molecule has 4 aromatic rings. The van der Waals surface area contributed by atoms with E-state index in [1.54, 1.807) is 4.90 Å². The molecule has 0 saturated carbocycles. The maximum absolute atomic E-state index is 13.5. The van der Waals surface area contributed by atoms with Crippen LogP contribution in [0, 0.1) is 6.92 Å². The van der Waals surface area contributed by atoms with Gasteiger partial charge < -0.3 is 0 Å². The number of aromatic nitrogens is 2. The van der Waals surface area contributed by atoms with Gasteiger partial charge >= 0.3 is 0 Å². The van der Waals surface area contributed by atoms with E-state index in [2.05, 4.69) is 5.10 Å². The van der Waals surface area contributed by atoms with Gasteiger partial charge in [-0.15, -0.1) is 0 Å². The van der Waals surface area contributed by atoms with Gasteiger partial charge in [-0.3, -0.25) is 14.5 Å². The average Bonchev–Trinajstić information content (AvgIpc) is 2.78. The van der Waals surface area contributed by atoms with Crippen LogP contribution in [0.15, 0.2) is 102 Å². The third-order valence-corrected chi connectivity index (χ3v) is 4.77. The summed E-state index contributed by atoms with van der Waals surface area (Å²) in [6.45, 7) is 2.31. The number of aryl methyl sites for hydroxylation is 1. The zero-order chi connectivity index (χ0) is 20.9. The number of benzene rings is 3. The molecule has 0 saturated heterocycles. The second-order valence-corrected chi connectivity index (χ2v) is 7.01. The lowest BCUT2D eigenvalue weighted by Crippen LogP contribution is -2.31. The highest BCUT2D eigenvalue weighted by Gasteiger charge is 2.21. The maximum Gasteiger partial charge on any atom is 0.283 e. The summed E-state index contributed by atoms with van der Waals surface area (Å²) in [5.41, 5.74) is 3.50. The van der Waals surface area contributed by atoms with Crippen LogP contribution in [0.2, 0.25) is 0 Å². The molecule has 0 atom stereocenters. The zero-order valence-corrected chi connectivity index (χ0v) is 16.6. The molecule has 30 heavy (non-hydrogen) atoms. The van der Waals surface area contributed by atoms with Crippen LogP contribution in [0.3, 0.4) is 0 Å². The fourth-order valence-electron chi connectivity index (χ4n) is 3.19. The minimum absolute atomic E-state index is 0.203. The fraction of sp³-hybridized carbons (Fsp3) is 0.0800. The van der Waals surface area contributed by atoms with Crippen molar-refractivity contribution in [3.05, 3.63) is 124 Å². The molecule has 0 aliphatic rings. The van der Waals surface area contributed by atoms with Gasteiger partial charge in [0.15, 0.2) is 0 Å². The monoisotopic (exact) mass is 395 g/mol. The van der Waals surface area contributed by atoms with Gasteiger partial charge in [-0.25, -0.2) is 4.68 Å². The maximum atomic E-state index is 13.5. The number of hydrogen-bond acceptors (Lipinski definition) is 3. The molecule has 1 heterocycles. The van der Waals surface area contributed by atoms with Crippen molar-refractivity contribution in [2.75, 3.05) is 4.90 Å². The van der Waals surface area contributed by atoms with E-state index in [-0.39, 0.29) is 17.2 Å². The molecule has 5 heteroatoms. The molecule has 148 valence electrons. The minimum atomic E-state index is -0.301. The number of para-hydroxylation sites is 2. The second kappa shape index (κ2) is 8.57. The van der Waals surface area contributed by atoms with Gasteiger partial charge in [0.25, 0.3) is 11.5 Å². The Hall–Kier alpha value is -3.99. The lowest BCUT2D eigenvalue weighted by Gasteiger charge is -2.22. The lowest BCUT2D eigenvalue weighted by molar-refractivity contribution is 0.0992. The zero-order valence-electron chi connectivity index (χ0n) is 16.6. The second-order valence-electron chi connectivity index (χ2n) is 7.01. The van der Waals surface area contributed by atoms with Crippen LogP contribution in [0.4, 0.5) is 11.4 Å². The fourth-order valence-corrected chi connectivity index (χ4v) is 3.19. The van der Waals surface area contributed by atoms with Crippen molar-refractivity contribution >= 4 is 17.3 Å². The summed E-state index contributed by atoms with van der Waals surface area (Å²) in [7, 11) is 0. The van der Waals surface area contributed by atoms with Crippen molar-refractivity contribution in [1.82, 2.24) is 9.78 Å². The summed E-state index contributed by atoms with van der Waals surface area (Å²) >= 11 is 0. The molecule has 0 spiro atoms. The quantitative estimate of drug-likeness (QED) is 0.497. The predicted molar refractivity (Wildman–Crippen MR) is 118 cm³/mol. The first-order chi connectivity index (χ1) is 14.6. The lowest BCUT2D eigenvalue weighted by atomic mass is 10.1. The predicted octanol–water partition coefficient (Wildman–Crippen LogP) is 4.58. The summed E-state index contributed by atoms with van der Waals surface area (Å²) in [5, 5.41) is 4.37. The molecule has 1 aromatic heterocycles. The molecule has 4 rings (SSSR count). The van der Waals surface area contributed by atoms with Gasteiger partial charge in [0.2, 0.25) is 0 Å². The highest BCUT2D eigenvalue weighted by Crippen LogP contribution is 2.26.